The highest BCUT2D eigenvalue weighted by atomic mass is 16.6. The minimum absolute atomic E-state index is 0.00135. The SMILES string of the molecule is CO.CO.COC1(C)CCOCC1=O.COC1(C)CCOCC1O.COC1(C)CCOC[C@@H]1O.COC1(C)CCOC[C@@H]1OCc1ccccc1.N[C@H]1CCOC[C@@H]1O.N[C@H]1CCOC[C@@H]1OCc1ccccc1.O=C1CCOCC1.O=C1CCOC[C@@H]1OCc1ccccc1. The van der Waals surface area contributed by atoms with E-state index in [4.69, 9.17) is 97.8 Å². The molecule has 8 aliphatic heterocycles. The smallest absolute Gasteiger partial charge is 0.189 e. The first-order valence-electron chi connectivity index (χ1n) is 33.0. The summed E-state index contributed by atoms with van der Waals surface area (Å²) in [7, 11) is 8.54. The van der Waals surface area contributed by atoms with E-state index in [2.05, 4.69) is 31.2 Å². The van der Waals surface area contributed by atoms with E-state index in [-0.39, 0.29) is 54.2 Å². The van der Waals surface area contributed by atoms with Crippen molar-refractivity contribution in [2.24, 2.45) is 11.5 Å². The van der Waals surface area contributed by atoms with Crippen LogP contribution in [0, 0.1) is 0 Å². The Bertz CT molecular complexity index is 2380. The third-order valence-corrected chi connectivity index (χ3v) is 17.3. The number of hydrogen-bond donors (Lipinski definition) is 7. The molecule has 3 aromatic carbocycles. The van der Waals surface area contributed by atoms with Crippen LogP contribution in [0.15, 0.2) is 91.0 Å². The lowest BCUT2D eigenvalue weighted by Crippen LogP contribution is -2.50. The number of benzene rings is 3. The monoisotopic (exact) mass is 1370 g/mol. The first-order valence-corrected chi connectivity index (χ1v) is 33.0. The molecule has 0 radical (unpaired) electrons. The van der Waals surface area contributed by atoms with E-state index in [0.717, 1.165) is 65.1 Å². The van der Waals surface area contributed by atoms with Crippen molar-refractivity contribution in [1.82, 2.24) is 0 Å². The lowest BCUT2D eigenvalue weighted by molar-refractivity contribution is -0.185. The number of aliphatic hydroxyl groups is 5. The number of nitrogens with two attached hydrogens (primary N) is 2. The molecule has 11 rings (SSSR count). The average Bonchev–Trinajstić information content (AvgIpc) is 0.945. The summed E-state index contributed by atoms with van der Waals surface area (Å²) in [6.07, 6.45) is 4.74. The second-order valence-electron chi connectivity index (χ2n) is 24.2. The molecule has 0 saturated carbocycles. The number of ether oxygens (including phenoxy) is 15. The number of hydrogen-bond acceptors (Lipinski definition) is 25. The molecule has 25 nitrogen and oxygen atoms in total. The van der Waals surface area contributed by atoms with E-state index in [9.17, 15) is 24.6 Å². The molecule has 0 amide bonds. The van der Waals surface area contributed by atoms with Crippen LogP contribution < -0.4 is 11.5 Å². The van der Waals surface area contributed by atoms with Crippen LogP contribution in [-0.2, 0) is 105 Å². The summed E-state index contributed by atoms with van der Waals surface area (Å²) >= 11 is 0. The molecule has 0 aromatic heterocycles. The lowest BCUT2D eigenvalue weighted by Gasteiger charge is -2.39. The van der Waals surface area contributed by atoms with Gasteiger partial charge in [0.05, 0.1) is 115 Å². The molecular weight excluding hydrogens is 1250 g/mol. The summed E-state index contributed by atoms with van der Waals surface area (Å²) in [6, 6.07) is 30.2. The largest absolute Gasteiger partial charge is 0.400 e. The van der Waals surface area contributed by atoms with Crippen LogP contribution in [0.5, 0.6) is 0 Å². The number of carbonyl (C=O) groups excluding carboxylic acids is 3. The van der Waals surface area contributed by atoms with Crippen molar-refractivity contribution in [3.05, 3.63) is 108 Å². The van der Waals surface area contributed by atoms with Crippen molar-refractivity contribution in [2.75, 3.05) is 148 Å². The summed E-state index contributed by atoms with van der Waals surface area (Å²) in [5.41, 5.74) is 13.2. The van der Waals surface area contributed by atoms with Crippen LogP contribution in [0.3, 0.4) is 0 Å². The first kappa shape index (κ1) is 87.9. The molecule has 0 bridgehead atoms. The van der Waals surface area contributed by atoms with Crippen molar-refractivity contribution in [3.8, 4) is 0 Å². The summed E-state index contributed by atoms with van der Waals surface area (Å²) in [5, 5.41) is 41.7. The Morgan fingerprint density at radius 2 is 0.854 bits per heavy atom. The molecule has 0 aliphatic carbocycles. The third kappa shape index (κ3) is 34.2. The van der Waals surface area contributed by atoms with Gasteiger partial charge in [0.1, 0.15) is 42.4 Å². The molecule has 8 saturated heterocycles. The fourth-order valence-corrected chi connectivity index (χ4v) is 9.62. The summed E-state index contributed by atoms with van der Waals surface area (Å²) in [4.78, 5) is 32.9. The van der Waals surface area contributed by atoms with Crippen molar-refractivity contribution in [1.29, 1.82) is 0 Å². The Hall–Kier alpha value is -4.21. The molecular formula is C71H118N2O23. The highest BCUT2D eigenvalue weighted by molar-refractivity contribution is 5.88. The maximum absolute atomic E-state index is 11.4. The van der Waals surface area contributed by atoms with Gasteiger partial charge >= 0.3 is 0 Å². The Balaban J connectivity index is 0.000000376. The van der Waals surface area contributed by atoms with Crippen LogP contribution in [0.25, 0.3) is 0 Å². The summed E-state index contributed by atoms with van der Waals surface area (Å²) in [6.45, 7) is 18.4. The van der Waals surface area contributed by atoms with E-state index < -0.39 is 35.1 Å². The van der Waals surface area contributed by atoms with Gasteiger partial charge in [0.2, 0.25) is 0 Å². The molecule has 8 aliphatic rings. The van der Waals surface area contributed by atoms with Gasteiger partial charge in [-0.1, -0.05) is 91.0 Å². The van der Waals surface area contributed by atoms with Crippen molar-refractivity contribution < 1.29 is 111 Å². The van der Waals surface area contributed by atoms with Crippen LogP contribution in [-0.4, -0.2) is 262 Å². The zero-order chi connectivity index (χ0) is 71.1. The van der Waals surface area contributed by atoms with Crippen LogP contribution in [0.4, 0.5) is 0 Å². The van der Waals surface area contributed by atoms with Gasteiger partial charge < -0.3 is 108 Å². The molecule has 3 aromatic rings. The van der Waals surface area contributed by atoms with E-state index in [1.807, 2.05) is 80.6 Å². The summed E-state index contributed by atoms with van der Waals surface area (Å²) < 4.78 is 79.0. The van der Waals surface area contributed by atoms with Gasteiger partial charge in [0, 0.05) is 133 Å². The molecule has 8 heterocycles. The van der Waals surface area contributed by atoms with Gasteiger partial charge in [-0.05, 0) is 57.2 Å². The number of rotatable bonds is 13. The maximum atomic E-state index is 11.4. The molecule has 25 heteroatoms. The van der Waals surface area contributed by atoms with Gasteiger partial charge in [-0.25, -0.2) is 0 Å². The zero-order valence-corrected chi connectivity index (χ0v) is 58.8. The fourth-order valence-electron chi connectivity index (χ4n) is 9.62. The highest BCUT2D eigenvalue weighted by Crippen LogP contribution is 2.28. The number of carbonyl (C=O) groups is 3. The lowest BCUT2D eigenvalue weighted by atomic mass is 9.93. The third-order valence-electron chi connectivity index (χ3n) is 17.3. The molecule has 0 spiro atoms. The van der Waals surface area contributed by atoms with Gasteiger partial charge in [0.15, 0.2) is 11.6 Å². The number of Topliss-reactive ketones (excluding diaryl/α,β-unsaturated/α-hetero) is 3. The zero-order valence-electron chi connectivity index (χ0n) is 58.8. The maximum Gasteiger partial charge on any atom is 0.189 e. The number of ketones is 3. The first-order chi connectivity index (χ1) is 46.2. The van der Waals surface area contributed by atoms with Crippen LogP contribution in [0.2, 0.25) is 0 Å². The predicted octanol–water partition coefficient (Wildman–Crippen LogP) is 4.68. The quantitative estimate of drug-likeness (QED) is 0.122. The van der Waals surface area contributed by atoms with E-state index >= 15 is 0 Å². The van der Waals surface area contributed by atoms with Gasteiger partial charge in [-0.15, -0.1) is 0 Å². The van der Waals surface area contributed by atoms with Crippen molar-refractivity contribution in [3.63, 3.8) is 0 Å². The van der Waals surface area contributed by atoms with Crippen LogP contribution >= 0.6 is 0 Å². The van der Waals surface area contributed by atoms with Crippen molar-refractivity contribution >= 4 is 17.3 Å². The molecule has 550 valence electrons. The molecule has 96 heavy (non-hydrogen) atoms. The molecule has 9 N–H and O–H groups in total. The Morgan fingerprint density at radius 1 is 0.438 bits per heavy atom. The summed E-state index contributed by atoms with van der Waals surface area (Å²) in [5.74, 6) is 0.532. The topological polar surface area (TPSA) is 343 Å². The minimum Gasteiger partial charge on any atom is -0.400 e. The molecule has 8 fully saturated rings. The van der Waals surface area contributed by atoms with Crippen molar-refractivity contribution in [2.45, 2.75) is 176 Å². The standard InChI is InChI=1S/C14H20O3.C12H17NO2.C12H14O3.2C7H14O3.C7H12O3.C5H11NO2.C5H8O2.2CH4O/c1-14(15-2)8-9-16-11-13(14)17-10-12-6-4-3-5-7-12;2*13-11-6-7-14-9-12(11)15-8-10-4-2-1-3-5-10;3*1-7(9-2)3-4-10-5-6(7)8;6-4-1-2-8-3-5(4)7;6-5-1-3-7-4-2-5;2*1-2/h3-7,13H,8-11H2,1-2H3;1-5,11-12H,6-9,13H2;1-5,12H,6-9H2;2*6,8H,3-5H2,1-2H3;3-5H2,1-2H3;4-5,7H,1-3,6H2;1-4H2;2*2H,1H3/t13-,14?;11-,12-;12-;6-,7?;;;4-,5-;;;/m0000..0.../s1. The average molecular weight is 1370 g/mol. The minimum atomic E-state index is -0.585. The van der Waals surface area contributed by atoms with Gasteiger partial charge in [-0.3, -0.25) is 14.4 Å². The molecule has 5 unspecified atom stereocenters. The van der Waals surface area contributed by atoms with Gasteiger partial charge in [0.25, 0.3) is 0 Å². The number of methoxy groups -OCH3 is 4. The second kappa shape index (κ2) is 51.0. The Labute approximate surface area is 570 Å². The Kier molecular flexibility index (Phi) is 46.7. The van der Waals surface area contributed by atoms with E-state index in [1.165, 1.54) is 11.1 Å². The number of aliphatic hydroxyl groups excluding tert-OH is 5. The Morgan fingerprint density at radius 3 is 1.24 bits per heavy atom. The van der Waals surface area contributed by atoms with E-state index in [0.29, 0.717) is 137 Å². The van der Waals surface area contributed by atoms with Crippen LogP contribution in [0.1, 0.15) is 102 Å². The normalized spacial score (nSPS) is 30.0. The van der Waals surface area contributed by atoms with E-state index in [1.54, 1.807) is 35.4 Å². The highest BCUT2D eigenvalue weighted by Gasteiger charge is 2.40. The predicted molar refractivity (Wildman–Crippen MR) is 360 cm³/mol. The second-order valence-corrected chi connectivity index (χ2v) is 24.2. The molecule has 12 atom stereocenters. The van der Waals surface area contributed by atoms with Gasteiger partial charge in [-0.2, -0.15) is 0 Å². The fraction of sp³-hybridized carbons (Fsp3) is 0.704.